The number of sulfonamides is 1. The van der Waals surface area contributed by atoms with Crippen LogP contribution < -0.4 is 0 Å². The van der Waals surface area contributed by atoms with E-state index in [-0.39, 0.29) is 16.4 Å². The number of allylic oxidation sites excluding steroid dienone is 3. The van der Waals surface area contributed by atoms with Gasteiger partial charge < -0.3 is 0 Å². The van der Waals surface area contributed by atoms with Gasteiger partial charge in [0.15, 0.2) is 5.78 Å². The Bertz CT molecular complexity index is 715. The number of ketones is 1. The van der Waals surface area contributed by atoms with Gasteiger partial charge in [-0.1, -0.05) is 48.6 Å². The van der Waals surface area contributed by atoms with Gasteiger partial charge in [-0.25, -0.2) is 8.42 Å². The zero-order valence-electron chi connectivity index (χ0n) is 12.0. The Kier molecular flexibility index (Phi) is 4.14. The third-order valence-corrected chi connectivity index (χ3v) is 5.10. The third-order valence-electron chi connectivity index (χ3n) is 3.25. The summed E-state index contributed by atoms with van der Waals surface area (Å²) >= 11 is 0. The van der Waals surface area contributed by atoms with Crippen LogP contribution in [0.5, 0.6) is 0 Å². The van der Waals surface area contributed by atoms with Crippen molar-refractivity contribution in [3.63, 3.8) is 0 Å². The van der Waals surface area contributed by atoms with E-state index in [1.807, 2.05) is 6.92 Å². The molecule has 1 aliphatic rings. The molecular formula is C16H17NO3S. The van der Waals surface area contributed by atoms with E-state index in [1.54, 1.807) is 36.4 Å². The van der Waals surface area contributed by atoms with E-state index in [0.717, 1.165) is 9.87 Å². The van der Waals surface area contributed by atoms with Crippen molar-refractivity contribution in [2.24, 2.45) is 0 Å². The quantitative estimate of drug-likeness (QED) is 0.786. The van der Waals surface area contributed by atoms with Gasteiger partial charge in [-0.05, 0) is 19.1 Å². The Balaban J connectivity index is 2.51. The van der Waals surface area contributed by atoms with E-state index in [9.17, 15) is 13.2 Å². The molecule has 0 spiro atoms. The molecule has 5 heteroatoms. The van der Waals surface area contributed by atoms with Gasteiger partial charge in [-0.2, -0.15) is 0 Å². The first-order valence-corrected chi connectivity index (χ1v) is 7.94. The van der Waals surface area contributed by atoms with Crippen molar-refractivity contribution < 1.29 is 13.2 Å². The minimum Gasteiger partial charge on any atom is -0.293 e. The molecule has 0 aromatic heterocycles. The Morgan fingerprint density at radius 2 is 1.67 bits per heavy atom. The molecule has 1 aromatic carbocycles. The molecule has 0 atom stereocenters. The standard InChI is InChI=1S/C16H17NO3S/c1-12-8-10-16(11-9-12)21(19,20)17(13(2)14(3)18)15-6-4-5-7-15/h4-11,15H,2H2,1,3H3. The molecule has 0 saturated heterocycles. The summed E-state index contributed by atoms with van der Waals surface area (Å²) in [6.07, 6.45) is 6.91. The second-order valence-corrected chi connectivity index (χ2v) is 6.69. The van der Waals surface area contributed by atoms with Crippen LogP contribution in [-0.2, 0) is 14.8 Å². The van der Waals surface area contributed by atoms with Crippen molar-refractivity contribution in [1.82, 2.24) is 4.31 Å². The smallest absolute Gasteiger partial charge is 0.265 e. The van der Waals surface area contributed by atoms with E-state index in [4.69, 9.17) is 0 Å². The normalized spacial score (nSPS) is 14.4. The van der Waals surface area contributed by atoms with Crippen LogP contribution in [0.1, 0.15) is 12.5 Å². The van der Waals surface area contributed by atoms with Gasteiger partial charge in [-0.15, -0.1) is 0 Å². The maximum atomic E-state index is 12.8. The summed E-state index contributed by atoms with van der Waals surface area (Å²) < 4.78 is 26.7. The third kappa shape index (κ3) is 2.97. The van der Waals surface area contributed by atoms with E-state index >= 15 is 0 Å². The van der Waals surface area contributed by atoms with Crippen molar-refractivity contribution in [3.8, 4) is 0 Å². The summed E-state index contributed by atoms with van der Waals surface area (Å²) in [4.78, 5) is 11.8. The van der Waals surface area contributed by atoms with Crippen LogP contribution >= 0.6 is 0 Å². The second-order valence-electron chi connectivity index (χ2n) is 4.88. The van der Waals surface area contributed by atoms with E-state index in [2.05, 4.69) is 6.58 Å². The lowest BCUT2D eigenvalue weighted by Gasteiger charge is -2.28. The number of benzene rings is 1. The Labute approximate surface area is 125 Å². The zero-order chi connectivity index (χ0) is 15.6. The van der Waals surface area contributed by atoms with Crippen LogP contribution in [0.15, 0.2) is 65.7 Å². The molecule has 0 amide bonds. The summed E-state index contributed by atoms with van der Waals surface area (Å²) in [5.41, 5.74) is 0.920. The second kappa shape index (κ2) is 5.69. The highest BCUT2D eigenvalue weighted by atomic mass is 32.2. The molecule has 0 bridgehead atoms. The molecule has 21 heavy (non-hydrogen) atoms. The lowest BCUT2D eigenvalue weighted by Crippen LogP contribution is -2.38. The van der Waals surface area contributed by atoms with Crippen LogP contribution in [0.3, 0.4) is 0 Å². The topological polar surface area (TPSA) is 54.5 Å². The first kappa shape index (κ1) is 15.3. The first-order chi connectivity index (χ1) is 9.84. The molecule has 110 valence electrons. The molecule has 2 rings (SSSR count). The van der Waals surface area contributed by atoms with Crippen LogP contribution in [0.2, 0.25) is 0 Å². The molecule has 0 radical (unpaired) electrons. The highest BCUT2D eigenvalue weighted by Gasteiger charge is 2.32. The van der Waals surface area contributed by atoms with Gasteiger partial charge in [-0.3, -0.25) is 9.10 Å². The predicted molar refractivity (Wildman–Crippen MR) is 82.1 cm³/mol. The minimum atomic E-state index is -3.84. The molecule has 0 fully saturated rings. The van der Waals surface area contributed by atoms with Gasteiger partial charge in [0.2, 0.25) is 0 Å². The number of hydrogen-bond donors (Lipinski definition) is 0. The maximum Gasteiger partial charge on any atom is 0.265 e. The fourth-order valence-electron chi connectivity index (χ4n) is 2.04. The largest absolute Gasteiger partial charge is 0.293 e. The Morgan fingerprint density at radius 3 is 2.14 bits per heavy atom. The SMILES string of the molecule is C=C(C(C)=O)N(C1C=CC=C1)S(=O)(=O)c1ccc(C)cc1. The van der Waals surface area contributed by atoms with E-state index in [0.29, 0.717) is 0 Å². The Morgan fingerprint density at radius 1 is 1.14 bits per heavy atom. The van der Waals surface area contributed by atoms with E-state index in [1.165, 1.54) is 19.1 Å². The van der Waals surface area contributed by atoms with Gasteiger partial charge >= 0.3 is 0 Å². The van der Waals surface area contributed by atoms with Gasteiger partial charge in [0.1, 0.15) is 0 Å². The van der Waals surface area contributed by atoms with Crippen molar-refractivity contribution in [2.75, 3.05) is 0 Å². The lowest BCUT2D eigenvalue weighted by molar-refractivity contribution is -0.114. The van der Waals surface area contributed by atoms with Crippen molar-refractivity contribution in [1.29, 1.82) is 0 Å². The molecule has 0 N–H and O–H groups in total. The summed E-state index contributed by atoms with van der Waals surface area (Å²) in [6.45, 7) is 6.83. The van der Waals surface area contributed by atoms with Crippen molar-refractivity contribution >= 4 is 15.8 Å². The molecule has 0 heterocycles. The van der Waals surface area contributed by atoms with Gasteiger partial charge in [0.05, 0.1) is 16.6 Å². The van der Waals surface area contributed by atoms with Crippen LogP contribution in [0, 0.1) is 6.92 Å². The molecule has 0 aliphatic heterocycles. The number of Topliss-reactive ketones (excluding diaryl/α,β-unsaturated/α-hetero) is 1. The van der Waals surface area contributed by atoms with Crippen molar-refractivity contribution in [2.45, 2.75) is 24.8 Å². The number of hydrogen-bond acceptors (Lipinski definition) is 3. The average Bonchev–Trinajstić information content (AvgIpc) is 2.92. The maximum absolute atomic E-state index is 12.8. The van der Waals surface area contributed by atoms with Crippen LogP contribution in [0.25, 0.3) is 0 Å². The summed E-state index contributed by atoms with van der Waals surface area (Å²) in [5, 5.41) is 0. The summed E-state index contributed by atoms with van der Waals surface area (Å²) in [7, 11) is -3.84. The lowest BCUT2D eigenvalue weighted by atomic mass is 10.2. The van der Waals surface area contributed by atoms with Gasteiger partial charge in [0, 0.05) is 6.92 Å². The minimum absolute atomic E-state index is 0.0447. The predicted octanol–water partition coefficient (Wildman–Crippen LogP) is 2.58. The molecule has 1 aliphatic carbocycles. The molecule has 0 unspecified atom stereocenters. The van der Waals surface area contributed by atoms with E-state index < -0.39 is 16.1 Å². The Hall–Kier alpha value is -2.14. The number of carbonyl (C=O) groups is 1. The van der Waals surface area contributed by atoms with Crippen LogP contribution in [0.4, 0.5) is 0 Å². The number of rotatable bonds is 5. The highest BCUT2D eigenvalue weighted by molar-refractivity contribution is 7.89. The monoisotopic (exact) mass is 303 g/mol. The molecular weight excluding hydrogens is 286 g/mol. The average molecular weight is 303 g/mol. The summed E-state index contributed by atoms with van der Waals surface area (Å²) in [6, 6.07) is 6.00. The van der Waals surface area contributed by atoms with Gasteiger partial charge in [0.25, 0.3) is 10.0 Å². The first-order valence-electron chi connectivity index (χ1n) is 6.50. The molecule has 4 nitrogen and oxygen atoms in total. The molecule has 1 aromatic rings. The van der Waals surface area contributed by atoms with Crippen LogP contribution in [-0.4, -0.2) is 24.5 Å². The number of aryl methyl sites for hydroxylation is 1. The zero-order valence-corrected chi connectivity index (χ0v) is 12.8. The number of nitrogens with zero attached hydrogens (tertiary/aromatic N) is 1. The fraction of sp³-hybridized carbons (Fsp3) is 0.188. The highest BCUT2D eigenvalue weighted by Crippen LogP contribution is 2.26. The summed E-state index contributed by atoms with van der Waals surface area (Å²) in [5.74, 6) is -0.376. The number of carbonyl (C=O) groups excluding carboxylic acids is 1. The molecule has 0 saturated carbocycles. The fourth-order valence-corrected chi connectivity index (χ4v) is 3.63. The van der Waals surface area contributed by atoms with Crippen molar-refractivity contribution in [3.05, 3.63) is 66.4 Å².